The van der Waals surface area contributed by atoms with Gasteiger partial charge in [-0.2, -0.15) is 0 Å². The van der Waals surface area contributed by atoms with Crippen LogP contribution < -0.4 is 0 Å². The molecule has 1 rings (SSSR count). The minimum atomic E-state index is 0.418. The standard InChI is InChI=1S/C11H22O/c1-9-5-6-12-10(7-9)8-11(2,3)4/h9-10H,5-8H2,1-4H3/t9?,10-/m0/s1. The van der Waals surface area contributed by atoms with Gasteiger partial charge in [0.25, 0.3) is 0 Å². The lowest BCUT2D eigenvalue weighted by Crippen LogP contribution is -2.28. The fraction of sp³-hybridized carbons (Fsp3) is 1.00. The van der Waals surface area contributed by atoms with Gasteiger partial charge in [-0.3, -0.25) is 0 Å². The van der Waals surface area contributed by atoms with E-state index in [1.807, 2.05) is 0 Å². The molecule has 1 aliphatic heterocycles. The van der Waals surface area contributed by atoms with Crippen molar-refractivity contribution in [2.24, 2.45) is 11.3 Å². The van der Waals surface area contributed by atoms with Crippen LogP contribution in [-0.2, 0) is 4.74 Å². The van der Waals surface area contributed by atoms with Gasteiger partial charge in [-0.25, -0.2) is 0 Å². The molecule has 0 aliphatic carbocycles. The molecular weight excluding hydrogens is 148 g/mol. The van der Waals surface area contributed by atoms with E-state index in [2.05, 4.69) is 27.7 Å². The normalized spacial score (nSPS) is 32.0. The second-order valence-corrected chi connectivity index (χ2v) is 5.39. The molecule has 12 heavy (non-hydrogen) atoms. The van der Waals surface area contributed by atoms with Crippen LogP contribution in [0, 0.1) is 11.3 Å². The van der Waals surface area contributed by atoms with Crippen LogP contribution in [0.3, 0.4) is 0 Å². The SMILES string of the molecule is CC1CCO[C@H](CC(C)(C)C)C1. The minimum Gasteiger partial charge on any atom is -0.378 e. The fourth-order valence-electron chi connectivity index (χ4n) is 1.90. The molecule has 0 amide bonds. The summed E-state index contributed by atoms with van der Waals surface area (Å²) in [5, 5.41) is 0. The van der Waals surface area contributed by atoms with Crippen molar-refractivity contribution in [3.8, 4) is 0 Å². The maximum absolute atomic E-state index is 5.72. The summed E-state index contributed by atoms with van der Waals surface area (Å²) in [4.78, 5) is 0. The molecule has 0 bridgehead atoms. The summed E-state index contributed by atoms with van der Waals surface area (Å²) in [7, 11) is 0. The van der Waals surface area contributed by atoms with Gasteiger partial charge in [0.2, 0.25) is 0 Å². The van der Waals surface area contributed by atoms with Gasteiger partial charge in [0.05, 0.1) is 6.10 Å². The molecule has 1 heterocycles. The Bertz CT molecular complexity index is 134. The molecule has 1 aliphatic rings. The lowest BCUT2D eigenvalue weighted by Gasteiger charge is -2.32. The predicted octanol–water partition coefficient (Wildman–Crippen LogP) is 3.24. The van der Waals surface area contributed by atoms with Gasteiger partial charge < -0.3 is 4.74 Å². The third kappa shape index (κ3) is 3.57. The van der Waals surface area contributed by atoms with Crippen LogP contribution in [0.15, 0.2) is 0 Å². The van der Waals surface area contributed by atoms with Crippen LogP contribution in [0.1, 0.15) is 47.0 Å². The van der Waals surface area contributed by atoms with Crippen LogP contribution in [0.2, 0.25) is 0 Å². The van der Waals surface area contributed by atoms with E-state index >= 15 is 0 Å². The number of rotatable bonds is 1. The zero-order valence-corrected chi connectivity index (χ0v) is 8.89. The van der Waals surface area contributed by atoms with Crippen LogP contribution in [-0.4, -0.2) is 12.7 Å². The Balaban J connectivity index is 2.32. The first-order valence-corrected chi connectivity index (χ1v) is 5.09. The number of hydrogen-bond donors (Lipinski definition) is 0. The second kappa shape index (κ2) is 3.78. The lowest BCUT2D eigenvalue weighted by molar-refractivity contribution is -0.0255. The van der Waals surface area contributed by atoms with Gasteiger partial charge in [0.15, 0.2) is 0 Å². The highest BCUT2D eigenvalue weighted by Crippen LogP contribution is 2.29. The summed E-state index contributed by atoms with van der Waals surface area (Å²) in [6.07, 6.45) is 4.24. The zero-order valence-electron chi connectivity index (χ0n) is 8.89. The summed E-state index contributed by atoms with van der Waals surface area (Å²) in [6.45, 7) is 10.2. The van der Waals surface area contributed by atoms with Gasteiger partial charge in [-0.15, -0.1) is 0 Å². The van der Waals surface area contributed by atoms with Crippen molar-refractivity contribution >= 4 is 0 Å². The zero-order chi connectivity index (χ0) is 9.19. The summed E-state index contributed by atoms with van der Waals surface area (Å²) < 4.78 is 5.72. The van der Waals surface area contributed by atoms with Gasteiger partial charge in [-0.05, 0) is 30.6 Å². The molecule has 0 spiro atoms. The van der Waals surface area contributed by atoms with E-state index in [1.54, 1.807) is 0 Å². The Kier molecular flexibility index (Phi) is 3.16. The van der Waals surface area contributed by atoms with Crippen molar-refractivity contribution in [1.82, 2.24) is 0 Å². The van der Waals surface area contributed by atoms with Gasteiger partial charge in [0.1, 0.15) is 0 Å². The molecule has 0 aromatic carbocycles. The molecule has 1 unspecified atom stereocenters. The van der Waals surface area contributed by atoms with Crippen molar-refractivity contribution in [3.05, 3.63) is 0 Å². The van der Waals surface area contributed by atoms with E-state index in [4.69, 9.17) is 4.74 Å². The average molecular weight is 170 g/mol. The molecule has 1 saturated heterocycles. The summed E-state index contributed by atoms with van der Waals surface area (Å²) in [6, 6.07) is 0. The molecule has 0 N–H and O–H groups in total. The molecule has 0 aromatic rings. The lowest BCUT2D eigenvalue weighted by atomic mass is 9.85. The number of hydrogen-bond acceptors (Lipinski definition) is 1. The Morgan fingerprint density at radius 3 is 2.50 bits per heavy atom. The predicted molar refractivity (Wildman–Crippen MR) is 52.2 cm³/mol. The maximum atomic E-state index is 5.72. The highest BCUT2D eigenvalue weighted by Gasteiger charge is 2.24. The Morgan fingerprint density at radius 2 is 2.00 bits per heavy atom. The fourth-order valence-corrected chi connectivity index (χ4v) is 1.90. The first kappa shape index (κ1) is 10.0. The molecule has 72 valence electrons. The smallest absolute Gasteiger partial charge is 0.0582 e. The topological polar surface area (TPSA) is 9.23 Å². The molecule has 1 fully saturated rings. The van der Waals surface area contributed by atoms with Crippen LogP contribution in [0.4, 0.5) is 0 Å². The first-order chi connectivity index (χ1) is 5.47. The van der Waals surface area contributed by atoms with Crippen LogP contribution in [0.25, 0.3) is 0 Å². The van der Waals surface area contributed by atoms with Crippen molar-refractivity contribution in [1.29, 1.82) is 0 Å². The third-order valence-electron chi connectivity index (χ3n) is 2.47. The van der Waals surface area contributed by atoms with Crippen molar-refractivity contribution in [2.75, 3.05) is 6.61 Å². The van der Waals surface area contributed by atoms with Crippen molar-refractivity contribution in [3.63, 3.8) is 0 Å². The quantitative estimate of drug-likeness (QED) is 0.587. The van der Waals surface area contributed by atoms with E-state index < -0.39 is 0 Å². The molecule has 1 nitrogen and oxygen atoms in total. The molecule has 0 saturated carbocycles. The molecular formula is C11H22O. The highest BCUT2D eigenvalue weighted by atomic mass is 16.5. The van der Waals surface area contributed by atoms with Gasteiger partial charge in [-0.1, -0.05) is 27.7 Å². The van der Waals surface area contributed by atoms with Gasteiger partial charge >= 0.3 is 0 Å². The molecule has 2 atom stereocenters. The van der Waals surface area contributed by atoms with Crippen LogP contribution in [0.5, 0.6) is 0 Å². The van der Waals surface area contributed by atoms with E-state index in [0.717, 1.165) is 12.5 Å². The summed E-state index contributed by atoms with van der Waals surface area (Å²) >= 11 is 0. The minimum absolute atomic E-state index is 0.418. The van der Waals surface area contributed by atoms with Gasteiger partial charge in [0, 0.05) is 6.61 Å². The van der Waals surface area contributed by atoms with Crippen molar-refractivity contribution in [2.45, 2.75) is 53.1 Å². The maximum Gasteiger partial charge on any atom is 0.0582 e. The van der Waals surface area contributed by atoms with Crippen molar-refractivity contribution < 1.29 is 4.74 Å². The molecule has 0 aromatic heterocycles. The molecule has 0 radical (unpaired) electrons. The average Bonchev–Trinajstić information content (AvgIpc) is 1.82. The third-order valence-corrected chi connectivity index (χ3v) is 2.47. The van der Waals surface area contributed by atoms with E-state index in [9.17, 15) is 0 Å². The molecule has 1 heteroatoms. The second-order valence-electron chi connectivity index (χ2n) is 5.39. The summed E-state index contributed by atoms with van der Waals surface area (Å²) in [5.74, 6) is 0.867. The Labute approximate surface area is 76.5 Å². The summed E-state index contributed by atoms with van der Waals surface area (Å²) in [5.41, 5.74) is 0.418. The number of ether oxygens (including phenoxy) is 1. The van der Waals surface area contributed by atoms with Crippen LogP contribution >= 0.6 is 0 Å². The Hall–Kier alpha value is -0.0400. The Morgan fingerprint density at radius 1 is 1.33 bits per heavy atom. The van der Waals surface area contributed by atoms with E-state index in [-0.39, 0.29) is 0 Å². The monoisotopic (exact) mass is 170 g/mol. The van der Waals surface area contributed by atoms with E-state index in [0.29, 0.717) is 11.5 Å². The van der Waals surface area contributed by atoms with E-state index in [1.165, 1.54) is 19.3 Å². The largest absolute Gasteiger partial charge is 0.378 e. The highest BCUT2D eigenvalue weighted by molar-refractivity contribution is 4.74. The first-order valence-electron chi connectivity index (χ1n) is 5.09.